The second kappa shape index (κ2) is 10.5. The maximum Gasteiger partial charge on any atom is 0.416 e. The minimum Gasteiger partial charge on any atom is -0.492 e. The van der Waals surface area contributed by atoms with Crippen LogP contribution in [0.5, 0.6) is 5.88 Å². The van der Waals surface area contributed by atoms with Crippen molar-refractivity contribution in [3.63, 3.8) is 0 Å². The summed E-state index contributed by atoms with van der Waals surface area (Å²) in [5.41, 5.74) is 0.653. The van der Waals surface area contributed by atoms with Crippen molar-refractivity contribution in [3.05, 3.63) is 73.0 Å². The van der Waals surface area contributed by atoms with Crippen LogP contribution in [0.2, 0.25) is 0 Å². The molecular weight excluding hydrogens is 571 g/mol. The van der Waals surface area contributed by atoms with Crippen molar-refractivity contribution in [1.29, 1.82) is 0 Å². The van der Waals surface area contributed by atoms with Crippen LogP contribution in [0.25, 0.3) is 5.57 Å². The number of aliphatic hydroxyl groups is 1. The normalized spacial score (nSPS) is 16.6. The smallest absolute Gasteiger partial charge is 0.416 e. The predicted octanol–water partition coefficient (Wildman–Crippen LogP) is 3.15. The van der Waals surface area contributed by atoms with Gasteiger partial charge in [0.1, 0.15) is 0 Å². The Morgan fingerprint density at radius 1 is 1.08 bits per heavy atom. The highest BCUT2D eigenvalue weighted by Crippen LogP contribution is 2.39. The third-order valence-corrected chi connectivity index (χ3v) is 8.07. The molecule has 0 saturated carbocycles. The van der Waals surface area contributed by atoms with E-state index < -0.39 is 11.7 Å². The molecule has 2 N–H and O–H groups in total. The molecule has 37 heavy (non-hydrogen) atoms. The summed E-state index contributed by atoms with van der Waals surface area (Å²) in [5.74, 6) is -0.211. The van der Waals surface area contributed by atoms with Gasteiger partial charge in [0.2, 0.25) is 5.88 Å². The summed E-state index contributed by atoms with van der Waals surface area (Å²) in [6.45, 7) is 3.52. The summed E-state index contributed by atoms with van der Waals surface area (Å²) in [4.78, 5) is 9.01. The molecule has 0 aliphatic carbocycles. The van der Waals surface area contributed by atoms with Crippen molar-refractivity contribution in [1.82, 2.24) is 9.88 Å². The molecule has 7 nitrogen and oxygen atoms in total. The minimum atomic E-state index is -4.54. The number of aliphatic hydroxyl groups excluding tert-OH is 1. The van der Waals surface area contributed by atoms with Crippen molar-refractivity contribution >= 4 is 44.2 Å². The number of anilines is 1. The van der Waals surface area contributed by atoms with Crippen LogP contribution in [0.3, 0.4) is 0 Å². The number of thiazole rings is 1. The van der Waals surface area contributed by atoms with E-state index in [1.807, 2.05) is 11.0 Å². The summed E-state index contributed by atoms with van der Waals surface area (Å²) in [6.07, 6.45) is -3.00. The van der Waals surface area contributed by atoms with E-state index >= 15 is 0 Å². The standard InChI is InChI=1S/C25H23BrF3N5O2S/c26-18-3-1-16(20(13-18)25(27,28)29)12-19(15-2-4-21-17(11-15)14-30-32-21)22-23(36)31-24(37-22)34-7-5-33(6-8-34)9-10-35/h1-4,11,13-14,35-36H,5-10,12H2. The first-order valence-electron chi connectivity index (χ1n) is 11.6. The van der Waals surface area contributed by atoms with Gasteiger partial charge in [-0.05, 0) is 40.6 Å². The van der Waals surface area contributed by atoms with Gasteiger partial charge >= 0.3 is 6.18 Å². The highest BCUT2D eigenvalue weighted by atomic mass is 79.9. The van der Waals surface area contributed by atoms with Gasteiger partial charge in [0.15, 0.2) is 5.13 Å². The molecule has 194 valence electrons. The first kappa shape index (κ1) is 25.8. The zero-order valence-electron chi connectivity index (χ0n) is 19.5. The molecule has 0 radical (unpaired) electrons. The molecule has 3 aromatic rings. The Morgan fingerprint density at radius 2 is 1.86 bits per heavy atom. The Balaban J connectivity index is 1.58. The molecule has 2 aliphatic heterocycles. The number of rotatable bonds is 6. The van der Waals surface area contributed by atoms with E-state index in [1.54, 1.807) is 24.4 Å². The molecule has 0 unspecified atom stereocenters. The Kier molecular flexibility index (Phi) is 7.35. The monoisotopic (exact) mass is 593 g/mol. The number of aromatic nitrogens is 1. The Morgan fingerprint density at radius 3 is 2.59 bits per heavy atom. The number of hydrogen-bond acceptors (Lipinski definition) is 8. The zero-order chi connectivity index (χ0) is 26.2. The lowest BCUT2D eigenvalue weighted by Crippen LogP contribution is -2.47. The number of hydrogen-bond donors (Lipinski definition) is 2. The molecule has 2 aromatic carbocycles. The van der Waals surface area contributed by atoms with Gasteiger partial charge in [-0.1, -0.05) is 39.4 Å². The molecule has 0 bridgehead atoms. The number of alkyl halides is 3. The highest BCUT2D eigenvalue weighted by Gasteiger charge is 2.34. The second-order valence-corrected chi connectivity index (χ2v) is 10.7. The van der Waals surface area contributed by atoms with E-state index in [0.717, 1.165) is 24.7 Å². The molecule has 2 aliphatic rings. The Bertz CT molecular complexity index is 1470. The number of aromatic hydroxyl groups is 1. The molecule has 0 atom stereocenters. The summed E-state index contributed by atoms with van der Waals surface area (Å²) < 4.78 is 42.1. The first-order chi connectivity index (χ1) is 17.7. The van der Waals surface area contributed by atoms with Gasteiger partial charge in [-0.2, -0.15) is 28.4 Å². The molecule has 5 rings (SSSR count). The molecule has 3 heterocycles. The number of halogens is 4. The first-order valence-corrected chi connectivity index (χ1v) is 13.2. The summed E-state index contributed by atoms with van der Waals surface area (Å²) in [5, 5.41) is 30.0. The number of nitrogens with zero attached hydrogens (tertiary/aromatic N) is 5. The molecule has 12 heteroatoms. The average molecular weight is 594 g/mol. The van der Waals surface area contributed by atoms with Crippen molar-refractivity contribution in [3.8, 4) is 5.88 Å². The molecule has 0 spiro atoms. The van der Waals surface area contributed by atoms with Gasteiger partial charge in [-0.15, -0.1) is 0 Å². The fourth-order valence-corrected chi connectivity index (χ4v) is 5.94. The van der Waals surface area contributed by atoms with Crippen molar-refractivity contribution in [2.45, 2.75) is 12.6 Å². The predicted molar refractivity (Wildman–Crippen MR) is 140 cm³/mol. The maximum atomic E-state index is 13.9. The van der Waals surface area contributed by atoms with E-state index in [9.17, 15) is 23.4 Å². The van der Waals surface area contributed by atoms with Crippen LogP contribution < -0.4 is 15.5 Å². The van der Waals surface area contributed by atoms with Crippen LogP contribution in [0.15, 0.2) is 51.1 Å². The number of piperazine rings is 1. The van der Waals surface area contributed by atoms with E-state index in [2.05, 4.69) is 36.0 Å². The van der Waals surface area contributed by atoms with Gasteiger partial charge in [0.05, 0.1) is 28.6 Å². The average Bonchev–Trinajstić information content (AvgIpc) is 3.49. The van der Waals surface area contributed by atoms with E-state index in [4.69, 9.17) is 0 Å². The van der Waals surface area contributed by atoms with Crippen LogP contribution >= 0.6 is 27.3 Å². The SMILES string of the molecule is OCCN1CCN(c2nc(O)c(C(Cc3ccc(Br)cc3C(F)(F)F)=c3ccc4c(c3)C=NN=4)s2)CC1. The topological polar surface area (TPSA) is 84.5 Å². The van der Waals surface area contributed by atoms with Gasteiger partial charge in [0, 0.05) is 49.2 Å². The minimum absolute atomic E-state index is 0.0608. The fraction of sp³-hybridized carbons (Fsp3) is 0.320. The third-order valence-electron chi connectivity index (χ3n) is 6.41. The lowest BCUT2D eigenvalue weighted by molar-refractivity contribution is -0.138. The van der Waals surface area contributed by atoms with Crippen LogP contribution in [-0.4, -0.2) is 65.6 Å². The van der Waals surface area contributed by atoms with Gasteiger partial charge in [-0.25, -0.2) is 0 Å². The summed E-state index contributed by atoms with van der Waals surface area (Å²) >= 11 is 4.41. The van der Waals surface area contributed by atoms with Crippen LogP contribution in [0, 0.1) is 0 Å². The Labute approximate surface area is 223 Å². The zero-order valence-corrected chi connectivity index (χ0v) is 21.9. The second-order valence-electron chi connectivity index (χ2n) is 8.77. The van der Waals surface area contributed by atoms with E-state index in [-0.39, 0.29) is 24.5 Å². The van der Waals surface area contributed by atoms with Crippen LogP contribution in [-0.2, 0) is 12.6 Å². The number of fused-ring (bicyclic) bond motifs is 1. The molecule has 1 fully saturated rings. The fourth-order valence-electron chi connectivity index (χ4n) is 4.50. The lowest BCUT2D eigenvalue weighted by Gasteiger charge is -2.34. The highest BCUT2D eigenvalue weighted by molar-refractivity contribution is 9.10. The quantitative estimate of drug-likeness (QED) is 0.459. The van der Waals surface area contributed by atoms with Crippen molar-refractivity contribution in [2.24, 2.45) is 10.2 Å². The van der Waals surface area contributed by atoms with Gasteiger partial charge < -0.3 is 15.1 Å². The van der Waals surface area contributed by atoms with Crippen molar-refractivity contribution in [2.75, 3.05) is 44.2 Å². The third kappa shape index (κ3) is 5.57. The lowest BCUT2D eigenvalue weighted by atomic mass is 9.96. The van der Waals surface area contributed by atoms with Gasteiger partial charge in [-0.3, -0.25) is 4.90 Å². The van der Waals surface area contributed by atoms with Crippen LogP contribution in [0.1, 0.15) is 21.6 Å². The molecule has 1 aromatic heterocycles. The van der Waals surface area contributed by atoms with E-state index in [1.165, 1.54) is 17.4 Å². The van der Waals surface area contributed by atoms with Crippen LogP contribution in [0.4, 0.5) is 18.3 Å². The number of benzene rings is 2. The van der Waals surface area contributed by atoms with Crippen molar-refractivity contribution < 1.29 is 23.4 Å². The molecular formula is C25H23BrF3N5O2S. The molecule has 1 saturated heterocycles. The largest absolute Gasteiger partial charge is 0.492 e. The molecule has 0 amide bonds. The van der Waals surface area contributed by atoms with Gasteiger partial charge in [0.25, 0.3) is 0 Å². The van der Waals surface area contributed by atoms with E-state index in [0.29, 0.717) is 50.3 Å². The maximum absolute atomic E-state index is 13.9. The Hall–Kier alpha value is -2.80. The number of β-amino-alcohol motifs (C(OH)–C–C–N with tert-alkyl or cyclic N) is 1. The summed E-state index contributed by atoms with van der Waals surface area (Å²) in [7, 11) is 0. The summed E-state index contributed by atoms with van der Waals surface area (Å²) in [6, 6.07) is 9.49.